The zero-order valence-electron chi connectivity index (χ0n) is 23.0. The smallest absolute Gasteiger partial charge is 0.319 e. The molecule has 2 N–H and O–H groups in total. The van der Waals surface area contributed by atoms with Gasteiger partial charge in [-0.25, -0.2) is 4.39 Å². The molecular weight excluding hydrogens is 541 g/mol. The van der Waals surface area contributed by atoms with Gasteiger partial charge >= 0.3 is 6.01 Å². The fraction of sp³-hybridized carbons (Fsp3) is 0.438. The maximum atomic E-state index is 16.8. The van der Waals surface area contributed by atoms with Crippen molar-refractivity contribution in [2.24, 2.45) is 0 Å². The molecule has 41 heavy (non-hydrogen) atoms. The van der Waals surface area contributed by atoms with Gasteiger partial charge in [0.25, 0.3) is 0 Å². The SMILES string of the molecule is CN1CCC[C@H]1C1(Oc2nc(N3CC4CCC(C3)N4)c3cc(Cl)c(-c4cc(O)cc5ccccc45)c(F)c3n2)CC1. The number of nitrogens with zero attached hydrogens (tertiary/aromatic N) is 4. The van der Waals surface area contributed by atoms with Crippen LogP contribution in [0.5, 0.6) is 11.8 Å². The molecule has 4 aromatic rings. The normalized spacial score (nSPS) is 25.3. The molecule has 4 fully saturated rings. The summed E-state index contributed by atoms with van der Waals surface area (Å²) in [4.78, 5) is 14.3. The number of aromatic hydroxyl groups is 1. The number of anilines is 1. The van der Waals surface area contributed by atoms with E-state index < -0.39 is 5.82 Å². The van der Waals surface area contributed by atoms with E-state index in [1.54, 1.807) is 18.2 Å². The molecule has 9 heteroatoms. The van der Waals surface area contributed by atoms with Crippen LogP contribution < -0.4 is 15.0 Å². The summed E-state index contributed by atoms with van der Waals surface area (Å²) in [6, 6.07) is 13.9. The zero-order valence-corrected chi connectivity index (χ0v) is 23.8. The number of benzene rings is 3. The molecule has 8 rings (SSSR count). The highest BCUT2D eigenvalue weighted by Gasteiger charge is 2.55. The summed E-state index contributed by atoms with van der Waals surface area (Å²) < 4.78 is 23.5. The zero-order chi connectivity index (χ0) is 27.9. The van der Waals surface area contributed by atoms with Gasteiger partial charge in [-0.05, 0) is 86.7 Å². The van der Waals surface area contributed by atoms with E-state index in [2.05, 4.69) is 22.2 Å². The number of nitrogens with one attached hydrogen (secondary N) is 1. The van der Waals surface area contributed by atoms with Gasteiger partial charge in [-0.3, -0.25) is 4.90 Å². The Balaban J connectivity index is 1.31. The number of phenols is 1. The lowest BCUT2D eigenvalue weighted by molar-refractivity contribution is 0.0766. The number of hydrogen-bond donors (Lipinski definition) is 2. The number of aromatic nitrogens is 2. The summed E-state index contributed by atoms with van der Waals surface area (Å²) in [5.41, 5.74) is 0.613. The van der Waals surface area contributed by atoms with Crippen LogP contribution >= 0.6 is 11.6 Å². The minimum atomic E-state index is -0.530. The Labute approximate surface area is 243 Å². The Morgan fingerprint density at radius 2 is 1.83 bits per heavy atom. The van der Waals surface area contributed by atoms with E-state index in [-0.39, 0.29) is 33.5 Å². The monoisotopic (exact) mass is 573 g/mol. The van der Waals surface area contributed by atoms with Gasteiger partial charge in [0.1, 0.15) is 22.7 Å². The summed E-state index contributed by atoms with van der Waals surface area (Å²) in [5.74, 6) is 0.194. The van der Waals surface area contributed by atoms with E-state index in [4.69, 9.17) is 26.3 Å². The van der Waals surface area contributed by atoms with Gasteiger partial charge in [0, 0.05) is 42.2 Å². The fourth-order valence-corrected chi connectivity index (χ4v) is 7.84. The van der Waals surface area contributed by atoms with E-state index in [0.29, 0.717) is 34.9 Å². The molecule has 4 aliphatic rings. The first-order chi connectivity index (χ1) is 19.9. The van der Waals surface area contributed by atoms with Crippen molar-refractivity contribution < 1.29 is 14.2 Å². The van der Waals surface area contributed by atoms with Crippen molar-refractivity contribution in [1.82, 2.24) is 20.2 Å². The molecule has 0 radical (unpaired) electrons. The van der Waals surface area contributed by atoms with Crippen LogP contribution in [0.15, 0.2) is 42.5 Å². The molecular formula is C32H33ClFN5O2. The van der Waals surface area contributed by atoms with Crippen LogP contribution in [0.2, 0.25) is 5.02 Å². The Bertz CT molecular complexity index is 1680. The Morgan fingerprint density at radius 3 is 2.56 bits per heavy atom. The molecule has 7 nitrogen and oxygen atoms in total. The third kappa shape index (κ3) is 4.22. The minimum Gasteiger partial charge on any atom is -0.508 e. The van der Waals surface area contributed by atoms with Crippen LogP contribution in [0.25, 0.3) is 32.8 Å². The van der Waals surface area contributed by atoms with Crippen molar-refractivity contribution in [3.8, 4) is 22.9 Å². The first-order valence-electron chi connectivity index (χ1n) is 14.7. The largest absolute Gasteiger partial charge is 0.508 e. The van der Waals surface area contributed by atoms with Gasteiger partial charge in [-0.15, -0.1) is 0 Å². The highest BCUT2D eigenvalue weighted by molar-refractivity contribution is 6.35. The van der Waals surface area contributed by atoms with Crippen LogP contribution in [0.4, 0.5) is 10.2 Å². The topological polar surface area (TPSA) is 73.8 Å². The van der Waals surface area contributed by atoms with E-state index in [1.165, 1.54) is 0 Å². The van der Waals surface area contributed by atoms with Crippen LogP contribution in [0.1, 0.15) is 38.5 Å². The number of likely N-dealkylation sites (tertiary alicyclic amines) is 1. The predicted octanol–water partition coefficient (Wildman–Crippen LogP) is 5.89. The molecule has 0 spiro atoms. The Hall–Kier alpha value is -3.20. The number of piperazine rings is 1. The van der Waals surface area contributed by atoms with Crippen molar-refractivity contribution in [1.29, 1.82) is 0 Å². The van der Waals surface area contributed by atoms with Gasteiger partial charge in [-0.1, -0.05) is 35.9 Å². The van der Waals surface area contributed by atoms with Crippen molar-refractivity contribution in [2.45, 2.75) is 62.3 Å². The summed E-state index contributed by atoms with van der Waals surface area (Å²) in [6.07, 6.45) is 6.36. The quantitative estimate of drug-likeness (QED) is 0.308. The summed E-state index contributed by atoms with van der Waals surface area (Å²) >= 11 is 6.89. The Kier molecular flexibility index (Phi) is 5.85. The third-order valence-corrected chi connectivity index (χ3v) is 9.94. The van der Waals surface area contributed by atoms with E-state index in [0.717, 1.165) is 68.9 Å². The highest BCUT2D eigenvalue weighted by atomic mass is 35.5. The van der Waals surface area contributed by atoms with Gasteiger partial charge in [0.2, 0.25) is 0 Å². The molecule has 3 aromatic carbocycles. The van der Waals surface area contributed by atoms with E-state index in [9.17, 15) is 5.11 Å². The van der Waals surface area contributed by atoms with Crippen LogP contribution in [0, 0.1) is 5.82 Å². The van der Waals surface area contributed by atoms with Crippen LogP contribution in [-0.4, -0.2) is 70.4 Å². The third-order valence-electron chi connectivity index (χ3n) is 9.64. The van der Waals surface area contributed by atoms with E-state index in [1.807, 2.05) is 24.3 Å². The summed E-state index contributed by atoms with van der Waals surface area (Å²) in [7, 11) is 2.15. The maximum absolute atomic E-state index is 16.8. The number of rotatable bonds is 5. The molecule has 1 aromatic heterocycles. The minimum absolute atomic E-state index is 0.0503. The molecule has 3 aliphatic heterocycles. The van der Waals surface area contributed by atoms with Gasteiger partial charge in [0.15, 0.2) is 5.82 Å². The second-order valence-electron chi connectivity index (χ2n) is 12.3. The standard InChI is InChI=1S/C32H33ClFN5O2/c1-38-12-4-7-26(38)32(10-11-32)41-31-36-29-24(30(37-31)39-16-19-8-9-20(17-39)35-19)15-25(33)27(28(29)34)23-14-21(40)13-18-5-2-3-6-22(18)23/h2-3,5-6,13-15,19-20,26,35,40H,4,7-12,16-17H2,1H3/t19?,20?,26-/m0/s1. The second kappa shape index (κ2) is 9.41. The van der Waals surface area contributed by atoms with Crippen molar-refractivity contribution in [3.63, 3.8) is 0 Å². The molecule has 4 heterocycles. The molecule has 0 amide bonds. The Morgan fingerprint density at radius 1 is 1.05 bits per heavy atom. The van der Waals surface area contributed by atoms with Crippen LogP contribution in [-0.2, 0) is 0 Å². The molecule has 2 bridgehead atoms. The molecule has 1 saturated carbocycles. The summed E-state index contributed by atoms with van der Waals surface area (Å²) in [6.45, 7) is 2.63. The highest BCUT2D eigenvalue weighted by Crippen LogP contribution is 2.48. The molecule has 212 valence electrons. The number of likely N-dealkylation sites (N-methyl/N-ethyl adjacent to an activating group) is 1. The van der Waals surface area contributed by atoms with Gasteiger partial charge in [0.05, 0.1) is 5.02 Å². The fourth-order valence-electron chi connectivity index (χ4n) is 7.55. The molecule has 2 unspecified atom stereocenters. The number of ether oxygens (including phenoxy) is 1. The van der Waals surface area contributed by atoms with Crippen molar-refractivity contribution >= 4 is 39.1 Å². The average molecular weight is 574 g/mol. The second-order valence-corrected chi connectivity index (χ2v) is 12.7. The van der Waals surface area contributed by atoms with Crippen LogP contribution in [0.3, 0.4) is 0 Å². The van der Waals surface area contributed by atoms with Crippen molar-refractivity contribution in [2.75, 3.05) is 31.6 Å². The number of hydrogen-bond acceptors (Lipinski definition) is 7. The van der Waals surface area contributed by atoms with Gasteiger partial charge < -0.3 is 20.1 Å². The first-order valence-corrected chi connectivity index (χ1v) is 15.1. The number of phenolic OH excluding ortho intramolecular Hbond substituents is 1. The van der Waals surface area contributed by atoms with E-state index >= 15 is 4.39 Å². The summed E-state index contributed by atoms with van der Waals surface area (Å²) in [5, 5.41) is 16.6. The molecule has 1 aliphatic carbocycles. The number of halogens is 2. The predicted molar refractivity (Wildman–Crippen MR) is 160 cm³/mol. The lowest BCUT2D eigenvalue weighted by Crippen LogP contribution is -2.51. The number of fused-ring (bicyclic) bond motifs is 4. The average Bonchev–Trinajstić information content (AvgIpc) is 3.46. The van der Waals surface area contributed by atoms with Crippen molar-refractivity contribution in [3.05, 3.63) is 53.3 Å². The van der Waals surface area contributed by atoms with Gasteiger partial charge in [-0.2, -0.15) is 9.97 Å². The maximum Gasteiger partial charge on any atom is 0.319 e. The lowest BCUT2D eigenvalue weighted by Gasteiger charge is -2.35. The molecule has 3 saturated heterocycles. The lowest BCUT2D eigenvalue weighted by atomic mass is 9.96. The molecule has 3 atom stereocenters. The first kappa shape index (κ1) is 25.5.